The minimum atomic E-state index is -4.38. The molecule has 1 fully saturated rings. The summed E-state index contributed by atoms with van der Waals surface area (Å²) in [6.45, 7) is 5.19. The van der Waals surface area contributed by atoms with Crippen LogP contribution in [0.15, 0.2) is 0 Å². The summed E-state index contributed by atoms with van der Waals surface area (Å²) in [5.74, 6) is -0.605. The molecule has 20 heavy (non-hydrogen) atoms. The number of rotatable bonds is 5. The van der Waals surface area contributed by atoms with Crippen molar-refractivity contribution in [3.63, 3.8) is 0 Å². The highest BCUT2D eigenvalue weighted by atomic mass is 19.4. The molecule has 1 aliphatic heterocycles. The van der Waals surface area contributed by atoms with Crippen LogP contribution in [0, 0.1) is 0 Å². The third-order valence-corrected chi connectivity index (χ3v) is 3.32. The van der Waals surface area contributed by atoms with Gasteiger partial charge >= 0.3 is 6.18 Å². The van der Waals surface area contributed by atoms with Gasteiger partial charge in [0.15, 0.2) is 0 Å². The zero-order valence-corrected chi connectivity index (χ0v) is 11.8. The molecule has 8 heteroatoms. The summed E-state index contributed by atoms with van der Waals surface area (Å²) in [6.07, 6.45) is -4.79. The fraction of sp³-hybridized carbons (Fsp3) is 0.917. The number of aliphatic hydroxyl groups excluding tert-OH is 1. The number of carbonyl (C=O) groups excluding carboxylic acids is 1. The zero-order valence-electron chi connectivity index (χ0n) is 11.8. The quantitative estimate of drug-likeness (QED) is 0.753. The molecule has 2 N–H and O–H groups in total. The van der Waals surface area contributed by atoms with Crippen molar-refractivity contribution >= 4 is 5.91 Å². The Morgan fingerprint density at radius 2 is 1.80 bits per heavy atom. The standard InChI is InChI=1S/C12H22F3N3O2/c1-9(19)7-17-3-5-18(6-4-17)10(2)11(20)16-8-12(13,14)15/h9-10,19H,3-8H2,1-2H3,(H,16,20)/t9-,10-/m0/s1. The zero-order chi connectivity index (χ0) is 15.3. The molecule has 1 amide bonds. The lowest BCUT2D eigenvalue weighted by Gasteiger charge is -2.37. The molecule has 1 rings (SSSR count). The first kappa shape index (κ1) is 17.2. The van der Waals surface area contributed by atoms with E-state index in [-0.39, 0.29) is 0 Å². The largest absolute Gasteiger partial charge is 0.405 e. The highest BCUT2D eigenvalue weighted by Gasteiger charge is 2.31. The third kappa shape index (κ3) is 6.06. The first-order valence-electron chi connectivity index (χ1n) is 6.68. The van der Waals surface area contributed by atoms with Crippen LogP contribution in [0.1, 0.15) is 13.8 Å². The topological polar surface area (TPSA) is 55.8 Å². The Bertz CT molecular complexity index is 316. The van der Waals surface area contributed by atoms with E-state index in [0.29, 0.717) is 32.7 Å². The Morgan fingerprint density at radius 3 is 2.25 bits per heavy atom. The molecule has 0 aromatic carbocycles. The highest BCUT2D eigenvalue weighted by molar-refractivity contribution is 5.81. The Hall–Kier alpha value is -0.860. The number of carbonyl (C=O) groups is 1. The summed E-state index contributed by atoms with van der Waals surface area (Å²) in [4.78, 5) is 15.6. The molecule has 1 aliphatic rings. The monoisotopic (exact) mass is 297 g/mol. The highest BCUT2D eigenvalue weighted by Crippen LogP contribution is 2.13. The van der Waals surface area contributed by atoms with Crippen LogP contribution in [0.3, 0.4) is 0 Å². The molecule has 0 aromatic rings. The maximum Gasteiger partial charge on any atom is 0.405 e. The van der Waals surface area contributed by atoms with Crippen LogP contribution < -0.4 is 5.32 Å². The Balaban J connectivity index is 2.34. The van der Waals surface area contributed by atoms with E-state index in [1.807, 2.05) is 10.2 Å². The predicted octanol–water partition coefficient (Wildman–Crippen LogP) is 0.0518. The van der Waals surface area contributed by atoms with Gasteiger partial charge < -0.3 is 10.4 Å². The van der Waals surface area contributed by atoms with E-state index in [0.717, 1.165) is 0 Å². The van der Waals surface area contributed by atoms with E-state index < -0.39 is 30.8 Å². The van der Waals surface area contributed by atoms with Crippen molar-refractivity contribution in [1.29, 1.82) is 0 Å². The maximum atomic E-state index is 12.0. The number of piperazine rings is 1. The van der Waals surface area contributed by atoms with Crippen molar-refractivity contribution in [2.24, 2.45) is 0 Å². The van der Waals surface area contributed by atoms with Crippen molar-refractivity contribution in [3.05, 3.63) is 0 Å². The number of hydrogen-bond donors (Lipinski definition) is 2. The molecule has 0 aromatic heterocycles. The summed E-state index contributed by atoms with van der Waals surface area (Å²) in [5.41, 5.74) is 0. The number of β-amino-alcohol motifs (C(OH)–C–C–N with tert-alkyl or cyclic N) is 1. The van der Waals surface area contributed by atoms with Gasteiger partial charge in [0.25, 0.3) is 0 Å². The second kappa shape index (κ2) is 7.24. The van der Waals surface area contributed by atoms with Crippen molar-refractivity contribution in [2.75, 3.05) is 39.3 Å². The van der Waals surface area contributed by atoms with Gasteiger partial charge in [0.2, 0.25) is 5.91 Å². The molecule has 118 valence electrons. The van der Waals surface area contributed by atoms with Crippen molar-refractivity contribution in [2.45, 2.75) is 32.2 Å². The van der Waals surface area contributed by atoms with Crippen LogP contribution in [0.2, 0.25) is 0 Å². The van der Waals surface area contributed by atoms with Gasteiger partial charge in [-0.1, -0.05) is 0 Å². The van der Waals surface area contributed by atoms with Crippen LogP contribution in [-0.2, 0) is 4.79 Å². The Morgan fingerprint density at radius 1 is 1.25 bits per heavy atom. The second-order valence-corrected chi connectivity index (χ2v) is 5.19. The molecule has 0 bridgehead atoms. The van der Waals surface area contributed by atoms with Crippen LogP contribution in [0.5, 0.6) is 0 Å². The van der Waals surface area contributed by atoms with Crippen molar-refractivity contribution < 1.29 is 23.1 Å². The van der Waals surface area contributed by atoms with Gasteiger partial charge in [0, 0.05) is 32.7 Å². The number of nitrogens with zero attached hydrogens (tertiary/aromatic N) is 2. The van der Waals surface area contributed by atoms with E-state index in [1.54, 1.807) is 13.8 Å². The smallest absolute Gasteiger partial charge is 0.392 e. The molecule has 0 aliphatic carbocycles. The Labute approximate surface area is 116 Å². The van der Waals surface area contributed by atoms with E-state index >= 15 is 0 Å². The average molecular weight is 297 g/mol. The lowest BCUT2D eigenvalue weighted by atomic mass is 10.2. The Kier molecular flexibility index (Phi) is 6.22. The summed E-state index contributed by atoms with van der Waals surface area (Å²) in [5, 5.41) is 11.2. The molecule has 2 atom stereocenters. The molecule has 0 radical (unpaired) electrons. The van der Waals surface area contributed by atoms with Gasteiger partial charge in [-0.05, 0) is 13.8 Å². The maximum absolute atomic E-state index is 12.0. The molecule has 1 heterocycles. The number of alkyl halides is 3. The van der Waals surface area contributed by atoms with Gasteiger partial charge in [-0.15, -0.1) is 0 Å². The van der Waals surface area contributed by atoms with E-state index in [9.17, 15) is 23.1 Å². The molecule has 0 unspecified atom stereocenters. The van der Waals surface area contributed by atoms with Crippen LogP contribution in [0.25, 0.3) is 0 Å². The van der Waals surface area contributed by atoms with Crippen LogP contribution in [0.4, 0.5) is 13.2 Å². The van der Waals surface area contributed by atoms with Crippen LogP contribution in [-0.4, -0.2) is 78.4 Å². The van der Waals surface area contributed by atoms with Gasteiger partial charge in [-0.2, -0.15) is 13.2 Å². The number of amides is 1. The lowest BCUT2D eigenvalue weighted by Crippen LogP contribution is -2.55. The number of nitrogens with one attached hydrogen (secondary N) is 1. The number of halogens is 3. The van der Waals surface area contributed by atoms with Gasteiger partial charge in [-0.25, -0.2) is 0 Å². The number of aliphatic hydroxyl groups is 1. The molecule has 0 saturated carbocycles. The summed E-state index contributed by atoms with van der Waals surface area (Å²) < 4.78 is 36.1. The van der Waals surface area contributed by atoms with Gasteiger partial charge in [0.1, 0.15) is 6.54 Å². The minimum Gasteiger partial charge on any atom is -0.392 e. The predicted molar refractivity (Wildman–Crippen MR) is 68.2 cm³/mol. The molecule has 0 spiro atoms. The third-order valence-electron chi connectivity index (χ3n) is 3.32. The SMILES string of the molecule is C[C@H](O)CN1CCN([C@@H](C)C(=O)NCC(F)(F)F)CC1. The molecule has 5 nitrogen and oxygen atoms in total. The van der Waals surface area contributed by atoms with Gasteiger partial charge in [0.05, 0.1) is 12.1 Å². The molecular formula is C12H22F3N3O2. The lowest BCUT2D eigenvalue weighted by molar-refractivity contribution is -0.141. The van der Waals surface area contributed by atoms with Crippen molar-refractivity contribution in [3.8, 4) is 0 Å². The summed E-state index contributed by atoms with van der Waals surface area (Å²) in [7, 11) is 0. The summed E-state index contributed by atoms with van der Waals surface area (Å²) >= 11 is 0. The fourth-order valence-electron chi connectivity index (χ4n) is 2.21. The van der Waals surface area contributed by atoms with Gasteiger partial charge in [-0.3, -0.25) is 14.6 Å². The molecular weight excluding hydrogens is 275 g/mol. The fourth-order valence-corrected chi connectivity index (χ4v) is 2.21. The average Bonchev–Trinajstić information content (AvgIpc) is 2.34. The molecule has 1 saturated heterocycles. The van der Waals surface area contributed by atoms with Crippen molar-refractivity contribution in [1.82, 2.24) is 15.1 Å². The van der Waals surface area contributed by atoms with E-state index in [1.165, 1.54) is 0 Å². The normalized spacial score (nSPS) is 21.5. The van der Waals surface area contributed by atoms with Crippen LogP contribution >= 0.6 is 0 Å². The second-order valence-electron chi connectivity index (χ2n) is 5.19. The summed E-state index contributed by atoms with van der Waals surface area (Å²) in [6, 6.07) is -0.578. The number of hydrogen-bond acceptors (Lipinski definition) is 4. The first-order chi connectivity index (χ1) is 9.19. The van der Waals surface area contributed by atoms with E-state index in [4.69, 9.17) is 0 Å². The minimum absolute atomic E-state index is 0.408. The first-order valence-corrected chi connectivity index (χ1v) is 6.68. The van der Waals surface area contributed by atoms with E-state index in [2.05, 4.69) is 4.90 Å².